The summed E-state index contributed by atoms with van der Waals surface area (Å²) in [5.41, 5.74) is 2.63. The van der Waals surface area contributed by atoms with Crippen LogP contribution in [0.1, 0.15) is 5.56 Å². The van der Waals surface area contributed by atoms with Gasteiger partial charge in [0.15, 0.2) is 4.77 Å². The van der Waals surface area contributed by atoms with E-state index in [0.29, 0.717) is 10.3 Å². The highest BCUT2D eigenvalue weighted by Gasteiger charge is 2.05. The first-order valence-electron chi connectivity index (χ1n) is 5.39. The van der Waals surface area contributed by atoms with Gasteiger partial charge in [-0.3, -0.25) is 0 Å². The summed E-state index contributed by atoms with van der Waals surface area (Å²) in [6.45, 7) is 1.73. The van der Waals surface area contributed by atoms with E-state index < -0.39 is 0 Å². The van der Waals surface area contributed by atoms with Gasteiger partial charge in [-0.2, -0.15) is 5.26 Å². The molecule has 0 saturated carbocycles. The summed E-state index contributed by atoms with van der Waals surface area (Å²) < 4.78 is 2.74. The van der Waals surface area contributed by atoms with Crippen LogP contribution >= 0.6 is 12.2 Å². The van der Waals surface area contributed by atoms with Crippen molar-refractivity contribution in [3.63, 3.8) is 0 Å². The molecule has 0 bridgehead atoms. The second kappa shape index (κ2) is 4.70. The zero-order valence-electron chi connectivity index (χ0n) is 9.90. The van der Waals surface area contributed by atoms with Gasteiger partial charge in [-0.25, -0.2) is 0 Å². The molecule has 2 rings (SSSR count). The highest BCUT2D eigenvalue weighted by Crippen LogP contribution is 2.15. The Morgan fingerprint density at radius 1 is 1.47 bits per heavy atom. The Balaban J connectivity index is 2.50. The van der Waals surface area contributed by atoms with E-state index in [2.05, 4.69) is 16.0 Å². The molecule has 4 nitrogen and oxygen atoms in total. The normalized spacial score (nSPS) is 10.9. The van der Waals surface area contributed by atoms with E-state index in [0.717, 1.165) is 24.1 Å². The van der Waals surface area contributed by atoms with E-state index in [1.807, 2.05) is 30.8 Å². The summed E-state index contributed by atoms with van der Waals surface area (Å²) in [4.78, 5) is 5.26. The number of fused-ring (bicyclic) bond motifs is 1. The minimum absolute atomic E-state index is 0.658. The van der Waals surface area contributed by atoms with Crippen LogP contribution in [0, 0.1) is 16.1 Å². The first-order valence-corrected chi connectivity index (χ1v) is 5.80. The number of nitriles is 1. The molecule has 0 amide bonds. The Kier molecular flexibility index (Phi) is 3.27. The molecule has 1 N–H and O–H groups in total. The van der Waals surface area contributed by atoms with Gasteiger partial charge in [0.2, 0.25) is 0 Å². The molecule has 0 saturated heterocycles. The van der Waals surface area contributed by atoms with Crippen molar-refractivity contribution < 1.29 is 0 Å². The molecule has 0 fully saturated rings. The van der Waals surface area contributed by atoms with Gasteiger partial charge in [-0.15, -0.1) is 0 Å². The molecule has 0 atom stereocenters. The maximum atomic E-state index is 8.91. The molecule has 1 aromatic heterocycles. The molecule has 0 aliphatic carbocycles. The van der Waals surface area contributed by atoms with Crippen LogP contribution in [0.3, 0.4) is 0 Å². The maximum Gasteiger partial charge on any atom is 0.178 e. The van der Waals surface area contributed by atoms with Crippen LogP contribution in [0.25, 0.3) is 11.0 Å². The number of benzene rings is 1. The van der Waals surface area contributed by atoms with E-state index in [1.54, 1.807) is 6.07 Å². The molecule has 17 heavy (non-hydrogen) atoms. The topological polar surface area (TPSA) is 47.8 Å². The third-order valence-electron chi connectivity index (χ3n) is 2.68. The highest BCUT2D eigenvalue weighted by atomic mass is 32.1. The Labute approximate surface area is 105 Å². The third-order valence-corrected chi connectivity index (χ3v) is 3.00. The molecule has 1 heterocycles. The zero-order chi connectivity index (χ0) is 12.4. The largest absolute Gasteiger partial charge is 0.331 e. The van der Waals surface area contributed by atoms with Gasteiger partial charge in [0, 0.05) is 13.1 Å². The summed E-state index contributed by atoms with van der Waals surface area (Å²) in [6.07, 6.45) is 0. The van der Waals surface area contributed by atoms with Crippen molar-refractivity contribution in [2.45, 2.75) is 6.54 Å². The van der Waals surface area contributed by atoms with Crippen molar-refractivity contribution >= 4 is 23.3 Å². The summed E-state index contributed by atoms with van der Waals surface area (Å²) >= 11 is 5.29. The van der Waals surface area contributed by atoms with Crippen molar-refractivity contribution in [1.29, 1.82) is 5.26 Å². The molecule has 0 radical (unpaired) electrons. The Morgan fingerprint density at radius 2 is 2.24 bits per heavy atom. The fourth-order valence-corrected chi connectivity index (χ4v) is 2.04. The average molecular weight is 246 g/mol. The maximum absolute atomic E-state index is 8.91. The molecule has 0 aliphatic heterocycles. The minimum atomic E-state index is 0.658. The van der Waals surface area contributed by atoms with E-state index in [1.165, 1.54) is 0 Å². The summed E-state index contributed by atoms with van der Waals surface area (Å²) in [6, 6.07) is 7.72. The third kappa shape index (κ3) is 2.38. The molecule has 2 aromatic rings. The second-order valence-corrected chi connectivity index (χ2v) is 4.62. The number of rotatable bonds is 3. The number of aromatic amines is 1. The van der Waals surface area contributed by atoms with Crippen LogP contribution < -0.4 is 0 Å². The lowest BCUT2D eigenvalue weighted by atomic mass is 10.2. The Hall–Kier alpha value is -1.64. The van der Waals surface area contributed by atoms with Gasteiger partial charge in [0.25, 0.3) is 0 Å². The molecule has 0 spiro atoms. The van der Waals surface area contributed by atoms with Crippen molar-refractivity contribution in [1.82, 2.24) is 14.5 Å². The second-order valence-electron chi connectivity index (χ2n) is 4.23. The van der Waals surface area contributed by atoms with Crippen LogP contribution in [-0.4, -0.2) is 35.1 Å². The van der Waals surface area contributed by atoms with Crippen LogP contribution in [-0.2, 0) is 6.54 Å². The number of hydrogen-bond donors (Lipinski definition) is 1. The molecule has 0 aliphatic rings. The van der Waals surface area contributed by atoms with E-state index in [9.17, 15) is 0 Å². The minimum Gasteiger partial charge on any atom is -0.331 e. The van der Waals surface area contributed by atoms with Gasteiger partial charge < -0.3 is 14.5 Å². The summed E-state index contributed by atoms with van der Waals surface area (Å²) in [5.74, 6) is 0. The number of H-pyrrole nitrogens is 1. The van der Waals surface area contributed by atoms with Gasteiger partial charge in [0.05, 0.1) is 22.7 Å². The number of nitrogens with zero attached hydrogens (tertiary/aromatic N) is 3. The lowest BCUT2D eigenvalue weighted by molar-refractivity contribution is 0.385. The summed E-state index contributed by atoms with van der Waals surface area (Å²) in [7, 11) is 4.05. The molecule has 5 heteroatoms. The molecule has 0 unspecified atom stereocenters. The summed E-state index contributed by atoms with van der Waals surface area (Å²) in [5, 5.41) is 8.91. The van der Waals surface area contributed by atoms with Gasteiger partial charge in [-0.05, 0) is 44.5 Å². The Bertz CT molecular complexity index is 630. The van der Waals surface area contributed by atoms with Crippen molar-refractivity contribution in [2.75, 3.05) is 20.6 Å². The smallest absolute Gasteiger partial charge is 0.178 e. The van der Waals surface area contributed by atoms with Gasteiger partial charge >= 0.3 is 0 Å². The van der Waals surface area contributed by atoms with E-state index in [-0.39, 0.29) is 0 Å². The monoisotopic (exact) mass is 246 g/mol. The van der Waals surface area contributed by atoms with E-state index >= 15 is 0 Å². The van der Waals surface area contributed by atoms with Gasteiger partial charge in [0.1, 0.15) is 0 Å². The highest BCUT2D eigenvalue weighted by molar-refractivity contribution is 7.71. The van der Waals surface area contributed by atoms with Crippen molar-refractivity contribution in [3.05, 3.63) is 28.5 Å². The van der Waals surface area contributed by atoms with Crippen LogP contribution in [0.2, 0.25) is 0 Å². The molecule has 1 aromatic carbocycles. The fourth-order valence-electron chi connectivity index (χ4n) is 1.74. The average Bonchev–Trinajstić information content (AvgIpc) is 2.61. The molecular weight excluding hydrogens is 232 g/mol. The van der Waals surface area contributed by atoms with Crippen LogP contribution in [0.4, 0.5) is 0 Å². The molecular formula is C12H14N4S. The SMILES string of the molecule is CN(C)CCn1c(=S)[nH]c2ccc(C#N)cc21. The quantitative estimate of drug-likeness (QED) is 0.844. The van der Waals surface area contributed by atoms with Gasteiger partial charge in [-0.1, -0.05) is 0 Å². The number of likely N-dealkylation sites (N-methyl/N-ethyl adjacent to an activating group) is 1. The number of nitrogens with one attached hydrogen (secondary N) is 1. The van der Waals surface area contributed by atoms with E-state index in [4.69, 9.17) is 17.5 Å². The van der Waals surface area contributed by atoms with Crippen molar-refractivity contribution in [3.8, 4) is 6.07 Å². The first-order chi connectivity index (χ1) is 8.11. The standard InChI is InChI=1S/C12H14N4S/c1-15(2)5-6-16-11-7-9(8-13)3-4-10(11)14-12(16)17/h3-4,7H,5-6H2,1-2H3,(H,14,17). The lowest BCUT2D eigenvalue weighted by Gasteiger charge is -2.10. The Morgan fingerprint density at radius 3 is 2.88 bits per heavy atom. The zero-order valence-corrected chi connectivity index (χ0v) is 10.7. The number of imidazole rings is 1. The van der Waals surface area contributed by atoms with Crippen LogP contribution in [0.5, 0.6) is 0 Å². The lowest BCUT2D eigenvalue weighted by Crippen LogP contribution is -2.18. The fraction of sp³-hybridized carbons (Fsp3) is 0.333. The molecule has 88 valence electrons. The number of hydrogen-bond acceptors (Lipinski definition) is 3. The predicted octanol–water partition coefficient (Wildman–Crippen LogP) is 2.13. The predicted molar refractivity (Wildman–Crippen MR) is 70.4 cm³/mol. The van der Waals surface area contributed by atoms with Crippen LogP contribution in [0.15, 0.2) is 18.2 Å². The van der Waals surface area contributed by atoms with Crippen molar-refractivity contribution in [2.24, 2.45) is 0 Å². The first kappa shape index (κ1) is 11.8. The number of aromatic nitrogens is 2.